The van der Waals surface area contributed by atoms with Crippen LogP contribution in [0.2, 0.25) is 0 Å². The first-order valence-corrected chi connectivity index (χ1v) is 13.1. The van der Waals surface area contributed by atoms with Gasteiger partial charge in [0.15, 0.2) is 17.0 Å². The van der Waals surface area contributed by atoms with Crippen LogP contribution in [-0.4, -0.2) is 87.5 Å². The molecule has 0 aliphatic heterocycles. The number of nitrogens with zero attached hydrogens (tertiary/aromatic N) is 4. The van der Waals surface area contributed by atoms with Gasteiger partial charge in [0, 0.05) is 43.7 Å². The van der Waals surface area contributed by atoms with E-state index >= 15 is 0 Å². The van der Waals surface area contributed by atoms with Crippen LogP contribution in [0, 0.1) is 11.8 Å². The molecule has 1 amide bonds. The Labute approximate surface area is 234 Å². The van der Waals surface area contributed by atoms with Crippen molar-refractivity contribution in [3.63, 3.8) is 0 Å². The van der Waals surface area contributed by atoms with Crippen LogP contribution in [0.1, 0.15) is 22.3 Å². The maximum atomic E-state index is 14.3. The van der Waals surface area contributed by atoms with Crippen LogP contribution < -0.4 is 10.6 Å². The highest BCUT2D eigenvalue weighted by Gasteiger charge is 2.63. The van der Waals surface area contributed by atoms with Gasteiger partial charge in [-0.2, -0.15) is 0 Å². The van der Waals surface area contributed by atoms with Crippen LogP contribution >= 0.6 is 0 Å². The minimum Gasteiger partial charge on any atom is -0.510 e. The van der Waals surface area contributed by atoms with E-state index in [4.69, 9.17) is 10.2 Å². The number of hydrogen-bond donors (Lipinski definition) is 4. The number of oxazole rings is 1. The number of pyridine rings is 1. The second-order valence-corrected chi connectivity index (χ2v) is 11.2. The smallest absolute Gasteiger partial charge is 0.255 e. The zero-order chi connectivity index (χ0) is 29.5. The van der Waals surface area contributed by atoms with Crippen molar-refractivity contribution in [1.82, 2.24) is 14.9 Å². The second-order valence-electron chi connectivity index (χ2n) is 11.2. The molecule has 3 aromatic rings. The summed E-state index contributed by atoms with van der Waals surface area (Å²) >= 11 is 0. The van der Waals surface area contributed by atoms with E-state index in [9.17, 15) is 29.7 Å². The van der Waals surface area contributed by atoms with E-state index in [1.807, 2.05) is 25.1 Å². The lowest BCUT2D eigenvalue weighted by Crippen LogP contribution is -2.63. The summed E-state index contributed by atoms with van der Waals surface area (Å²) in [6, 6.07) is 4.32. The van der Waals surface area contributed by atoms with Gasteiger partial charge in [-0.05, 0) is 56.6 Å². The number of carbonyl (C=O) groups is 3. The van der Waals surface area contributed by atoms with E-state index < -0.39 is 58.0 Å². The number of aliphatic hydroxyl groups excluding tert-OH is 2. The molecule has 0 bridgehead atoms. The van der Waals surface area contributed by atoms with Gasteiger partial charge >= 0.3 is 0 Å². The number of aromatic nitrogens is 2. The Morgan fingerprint density at radius 1 is 1.20 bits per heavy atom. The SMILES string of the molecule is CN(C)c1cc2nc(-c3cccnc3)oc2c2c1C[C@H]1C[C@H]3[C@H](N(C)C)C(O)=C(C(N)=O)C(=O)[C@@]3(O)C(O)=C1C2=O. The molecule has 0 fully saturated rings. The summed E-state index contributed by atoms with van der Waals surface area (Å²) in [6.45, 7) is 0. The molecular weight excluding hydrogens is 530 g/mol. The summed E-state index contributed by atoms with van der Waals surface area (Å²) in [7, 11) is 6.90. The molecule has 12 heteroatoms. The third-order valence-electron chi connectivity index (χ3n) is 8.47. The molecule has 3 aliphatic rings. The highest BCUT2D eigenvalue weighted by molar-refractivity contribution is 6.25. The molecule has 2 aromatic heterocycles. The molecule has 0 saturated heterocycles. The van der Waals surface area contributed by atoms with E-state index in [-0.39, 0.29) is 35.5 Å². The van der Waals surface area contributed by atoms with Gasteiger partial charge in [-0.15, -0.1) is 0 Å². The van der Waals surface area contributed by atoms with Crippen molar-refractivity contribution >= 4 is 34.3 Å². The second kappa shape index (κ2) is 8.98. The molecule has 4 atom stereocenters. The van der Waals surface area contributed by atoms with Gasteiger partial charge in [-0.1, -0.05) is 0 Å². The third kappa shape index (κ3) is 3.57. The van der Waals surface area contributed by atoms with Gasteiger partial charge in [0.05, 0.1) is 17.2 Å². The molecule has 41 heavy (non-hydrogen) atoms. The topological polar surface area (TPSA) is 183 Å². The van der Waals surface area contributed by atoms with Crippen LogP contribution in [0.3, 0.4) is 0 Å². The largest absolute Gasteiger partial charge is 0.510 e. The highest BCUT2D eigenvalue weighted by atomic mass is 16.4. The fraction of sp³-hybridized carbons (Fsp3) is 0.345. The van der Waals surface area contributed by atoms with Gasteiger partial charge in [0.2, 0.25) is 11.7 Å². The standard InChI is InChI=1S/C29H29N5O7/c1-33(2)17-10-16-24(41-28(32-16)12-6-5-7-31-11-12)19-14(17)8-13-9-15-21(34(3)4)23(36)20(27(30)39)26(38)29(15,40)25(37)18(13)22(19)35/h5-7,10-11,13,15,21,36-37,40H,8-9H2,1-4H3,(H2,30,39)/t13-,15-,21-,29-/m0/s1. The van der Waals surface area contributed by atoms with Crippen molar-refractivity contribution in [2.45, 2.75) is 24.5 Å². The molecule has 6 rings (SSSR count). The predicted molar refractivity (Wildman–Crippen MR) is 147 cm³/mol. The van der Waals surface area contributed by atoms with E-state index in [1.54, 1.807) is 43.5 Å². The lowest BCUT2D eigenvalue weighted by atomic mass is 9.58. The number of rotatable bonds is 4. The van der Waals surface area contributed by atoms with Crippen LogP contribution in [0.4, 0.5) is 5.69 Å². The maximum absolute atomic E-state index is 14.3. The Bertz CT molecular complexity index is 1720. The van der Waals surface area contributed by atoms with Crippen LogP contribution in [-0.2, 0) is 16.0 Å². The van der Waals surface area contributed by atoms with Gasteiger partial charge < -0.3 is 30.4 Å². The Hall–Kier alpha value is -4.55. The first-order chi connectivity index (χ1) is 19.4. The number of carbonyl (C=O) groups excluding carboxylic acids is 3. The number of hydrogen-bond acceptors (Lipinski definition) is 11. The summed E-state index contributed by atoms with van der Waals surface area (Å²) in [4.78, 5) is 52.1. The molecule has 212 valence electrons. The van der Waals surface area contributed by atoms with Crippen LogP contribution in [0.5, 0.6) is 0 Å². The minimum absolute atomic E-state index is 0.0635. The van der Waals surface area contributed by atoms with Crippen molar-refractivity contribution in [1.29, 1.82) is 0 Å². The minimum atomic E-state index is -2.65. The average molecular weight is 560 g/mol. The Morgan fingerprint density at radius 3 is 2.54 bits per heavy atom. The number of allylic oxidation sites excluding steroid dienone is 1. The van der Waals surface area contributed by atoms with Crippen molar-refractivity contribution in [3.05, 3.63) is 64.4 Å². The quantitative estimate of drug-likeness (QED) is 0.341. The molecule has 0 unspecified atom stereocenters. The van der Waals surface area contributed by atoms with Crippen molar-refractivity contribution < 1.29 is 34.1 Å². The Morgan fingerprint density at radius 2 is 1.93 bits per heavy atom. The molecule has 5 N–H and O–H groups in total. The fourth-order valence-electron chi connectivity index (χ4n) is 6.70. The van der Waals surface area contributed by atoms with Gasteiger partial charge in [0.1, 0.15) is 22.6 Å². The van der Waals surface area contributed by atoms with E-state index in [1.165, 1.54) is 0 Å². The third-order valence-corrected chi connectivity index (χ3v) is 8.47. The first-order valence-electron chi connectivity index (χ1n) is 13.1. The summed E-state index contributed by atoms with van der Waals surface area (Å²) in [5.41, 5.74) is 4.64. The lowest BCUT2D eigenvalue weighted by molar-refractivity contribution is -0.148. The van der Waals surface area contributed by atoms with E-state index in [2.05, 4.69) is 9.97 Å². The van der Waals surface area contributed by atoms with E-state index in [0.717, 1.165) is 5.69 Å². The normalized spacial score (nSPS) is 25.9. The average Bonchev–Trinajstić information content (AvgIpc) is 3.34. The zero-order valence-electron chi connectivity index (χ0n) is 22.9. The maximum Gasteiger partial charge on any atom is 0.255 e. The van der Waals surface area contributed by atoms with Crippen LogP contribution in [0.15, 0.2) is 57.7 Å². The molecule has 0 spiro atoms. The summed E-state index contributed by atoms with van der Waals surface area (Å²) in [6.07, 6.45) is 3.54. The number of ketones is 2. The molecular formula is C29H29N5O7. The number of primary amides is 1. The van der Waals surface area contributed by atoms with E-state index in [0.29, 0.717) is 16.6 Å². The van der Waals surface area contributed by atoms with Crippen LogP contribution in [0.25, 0.3) is 22.6 Å². The van der Waals surface area contributed by atoms with Gasteiger partial charge in [-0.3, -0.25) is 24.3 Å². The molecule has 0 radical (unpaired) electrons. The first kappa shape index (κ1) is 26.7. The summed E-state index contributed by atoms with van der Waals surface area (Å²) in [5, 5.41) is 34.4. The number of amides is 1. The fourth-order valence-corrected chi connectivity index (χ4v) is 6.70. The molecule has 0 saturated carbocycles. The van der Waals surface area contributed by atoms with Gasteiger partial charge in [-0.25, -0.2) is 4.98 Å². The number of nitrogens with two attached hydrogens (primary N) is 1. The Kier molecular flexibility index (Phi) is 5.84. The number of likely N-dealkylation sites (N-methyl/N-ethyl adjacent to an activating group) is 1. The number of aliphatic hydroxyl groups is 3. The number of anilines is 1. The van der Waals surface area contributed by atoms with Crippen molar-refractivity contribution in [2.24, 2.45) is 17.6 Å². The van der Waals surface area contributed by atoms with Crippen molar-refractivity contribution in [2.75, 3.05) is 33.1 Å². The van der Waals surface area contributed by atoms with Crippen molar-refractivity contribution in [3.8, 4) is 11.5 Å². The molecule has 3 aliphatic carbocycles. The summed E-state index contributed by atoms with van der Waals surface area (Å²) in [5.74, 6) is -5.91. The molecule has 1 aromatic carbocycles. The molecule has 2 heterocycles. The lowest BCUT2D eigenvalue weighted by Gasteiger charge is -2.50. The monoisotopic (exact) mass is 559 g/mol. The predicted octanol–water partition coefficient (Wildman–Crippen LogP) is 1.68. The molecule has 12 nitrogen and oxygen atoms in total. The van der Waals surface area contributed by atoms with Gasteiger partial charge in [0.25, 0.3) is 5.91 Å². The number of fused-ring (bicyclic) bond motifs is 5. The summed E-state index contributed by atoms with van der Waals surface area (Å²) < 4.78 is 6.10. The highest BCUT2D eigenvalue weighted by Crippen LogP contribution is 2.53. The zero-order valence-corrected chi connectivity index (χ0v) is 22.9. The number of benzene rings is 1. The Balaban J connectivity index is 1.59. The number of Topliss-reactive ketones (excluding diaryl/α,β-unsaturated/α-hetero) is 2.